The van der Waals surface area contributed by atoms with Gasteiger partial charge in [-0.25, -0.2) is 9.97 Å². The summed E-state index contributed by atoms with van der Waals surface area (Å²) in [6, 6.07) is 12.0. The maximum absolute atomic E-state index is 8.80. The number of rotatable bonds is 5. The molecule has 0 spiro atoms. The number of hydrogen-bond donors (Lipinski definition) is 2. The van der Waals surface area contributed by atoms with Gasteiger partial charge in [0.2, 0.25) is 0 Å². The molecular weight excluding hydrogens is 226 g/mol. The van der Waals surface area contributed by atoms with Crippen molar-refractivity contribution in [2.75, 3.05) is 18.5 Å². The lowest BCUT2D eigenvalue weighted by atomic mass is 10.1. The molecule has 2 rings (SSSR count). The van der Waals surface area contributed by atoms with Crippen LogP contribution in [0.3, 0.4) is 0 Å². The molecule has 0 atom stereocenters. The van der Waals surface area contributed by atoms with Crippen molar-refractivity contribution in [3.05, 3.63) is 53.5 Å². The number of aliphatic hydroxyl groups excluding tert-OH is 1. The van der Waals surface area contributed by atoms with Gasteiger partial charge >= 0.3 is 0 Å². The predicted octanol–water partition coefficient (Wildman–Crippen LogP) is 1.78. The van der Waals surface area contributed by atoms with E-state index in [0.717, 1.165) is 23.8 Å². The molecule has 1 heterocycles. The Bertz CT molecular complexity index is 500. The van der Waals surface area contributed by atoms with Crippen LogP contribution in [0.2, 0.25) is 0 Å². The predicted molar refractivity (Wildman–Crippen MR) is 71.6 cm³/mol. The molecule has 4 nitrogen and oxygen atoms in total. The van der Waals surface area contributed by atoms with Gasteiger partial charge in [-0.05, 0) is 12.5 Å². The molecule has 0 bridgehead atoms. The molecule has 0 unspecified atom stereocenters. The van der Waals surface area contributed by atoms with Gasteiger partial charge < -0.3 is 10.4 Å². The van der Waals surface area contributed by atoms with E-state index >= 15 is 0 Å². The summed E-state index contributed by atoms with van der Waals surface area (Å²) in [6.07, 6.45) is 0.719. The molecule has 0 saturated carbocycles. The zero-order valence-electron chi connectivity index (χ0n) is 10.4. The minimum atomic E-state index is 0.0943. The molecule has 1 aromatic carbocycles. The number of nitrogens with one attached hydrogen (secondary N) is 1. The molecule has 0 aliphatic rings. The maximum Gasteiger partial charge on any atom is 0.135 e. The first kappa shape index (κ1) is 12.5. The van der Waals surface area contributed by atoms with Crippen LogP contribution < -0.4 is 5.32 Å². The Balaban J connectivity index is 2.15. The van der Waals surface area contributed by atoms with Gasteiger partial charge in [0, 0.05) is 24.7 Å². The lowest BCUT2D eigenvalue weighted by Crippen LogP contribution is -2.09. The van der Waals surface area contributed by atoms with E-state index in [4.69, 9.17) is 5.11 Å². The Morgan fingerprint density at radius 2 is 1.94 bits per heavy atom. The van der Waals surface area contributed by atoms with Crippen LogP contribution >= 0.6 is 0 Å². The highest BCUT2D eigenvalue weighted by Gasteiger charge is 2.03. The van der Waals surface area contributed by atoms with E-state index in [0.29, 0.717) is 6.54 Å². The molecule has 18 heavy (non-hydrogen) atoms. The standard InChI is InChI=1S/C14H17N3O/c1-11-9-13(15-7-8-18)17-14(16-11)10-12-5-3-2-4-6-12/h2-6,9,18H,7-8,10H2,1H3,(H,15,16,17). The van der Waals surface area contributed by atoms with Gasteiger partial charge in [-0.1, -0.05) is 30.3 Å². The fourth-order valence-corrected chi connectivity index (χ4v) is 1.76. The number of aromatic nitrogens is 2. The van der Waals surface area contributed by atoms with E-state index in [2.05, 4.69) is 27.4 Å². The molecule has 94 valence electrons. The van der Waals surface area contributed by atoms with Crippen molar-refractivity contribution in [2.24, 2.45) is 0 Å². The molecule has 0 fully saturated rings. The highest BCUT2D eigenvalue weighted by molar-refractivity contribution is 5.36. The van der Waals surface area contributed by atoms with Gasteiger partial charge in [-0.3, -0.25) is 0 Å². The average Bonchev–Trinajstić information content (AvgIpc) is 2.37. The number of benzene rings is 1. The largest absolute Gasteiger partial charge is 0.395 e. The van der Waals surface area contributed by atoms with Crippen LogP contribution in [0.4, 0.5) is 5.82 Å². The molecule has 0 radical (unpaired) electrons. The molecule has 0 amide bonds. The van der Waals surface area contributed by atoms with Gasteiger partial charge in [0.1, 0.15) is 11.6 Å². The summed E-state index contributed by atoms with van der Waals surface area (Å²) >= 11 is 0. The first-order valence-electron chi connectivity index (χ1n) is 6.01. The second-order valence-electron chi connectivity index (χ2n) is 4.12. The normalized spacial score (nSPS) is 10.3. The van der Waals surface area contributed by atoms with Gasteiger partial charge in [0.15, 0.2) is 0 Å². The van der Waals surface area contributed by atoms with E-state index in [1.165, 1.54) is 5.56 Å². The summed E-state index contributed by atoms with van der Waals surface area (Å²) < 4.78 is 0. The Morgan fingerprint density at radius 3 is 2.67 bits per heavy atom. The van der Waals surface area contributed by atoms with Crippen molar-refractivity contribution in [3.8, 4) is 0 Å². The fourth-order valence-electron chi connectivity index (χ4n) is 1.76. The second kappa shape index (κ2) is 6.12. The molecule has 0 aliphatic heterocycles. The molecule has 2 aromatic rings. The summed E-state index contributed by atoms with van der Waals surface area (Å²) in [5.41, 5.74) is 2.12. The summed E-state index contributed by atoms with van der Waals surface area (Å²) in [7, 11) is 0. The monoisotopic (exact) mass is 243 g/mol. The Hall–Kier alpha value is -1.94. The number of anilines is 1. The highest BCUT2D eigenvalue weighted by Crippen LogP contribution is 2.10. The van der Waals surface area contributed by atoms with E-state index in [-0.39, 0.29) is 6.61 Å². The van der Waals surface area contributed by atoms with Crippen LogP contribution in [0.15, 0.2) is 36.4 Å². The number of aliphatic hydroxyl groups is 1. The second-order valence-corrected chi connectivity index (χ2v) is 4.12. The maximum atomic E-state index is 8.80. The summed E-state index contributed by atoms with van der Waals surface area (Å²) in [5.74, 6) is 1.56. The van der Waals surface area contributed by atoms with E-state index in [1.54, 1.807) is 0 Å². The zero-order valence-corrected chi connectivity index (χ0v) is 10.4. The minimum absolute atomic E-state index is 0.0943. The molecular formula is C14H17N3O. The third-order valence-electron chi connectivity index (χ3n) is 2.52. The first-order valence-corrected chi connectivity index (χ1v) is 6.01. The van der Waals surface area contributed by atoms with E-state index < -0.39 is 0 Å². The molecule has 0 saturated heterocycles. The quantitative estimate of drug-likeness (QED) is 0.840. The molecule has 2 N–H and O–H groups in total. The molecule has 1 aromatic heterocycles. The van der Waals surface area contributed by atoms with Crippen LogP contribution in [-0.4, -0.2) is 28.2 Å². The third-order valence-corrected chi connectivity index (χ3v) is 2.52. The Kier molecular flexibility index (Phi) is 4.25. The van der Waals surface area contributed by atoms with E-state index in [1.807, 2.05) is 31.2 Å². The van der Waals surface area contributed by atoms with Crippen molar-refractivity contribution < 1.29 is 5.11 Å². The van der Waals surface area contributed by atoms with Crippen LogP contribution in [0.1, 0.15) is 17.1 Å². The van der Waals surface area contributed by atoms with Gasteiger partial charge in [-0.15, -0.1) is 0 Å². The smallest absolute Gasteiger partial charge is 0.135 e. The van der Waals surface area contributed by atoms with Crippen molar-refractivity contribution in [2.45, 2.75) is 13.3 Å². The zero-order chi connectivity index (χ0) is 12.8. The van der Waals surface area contributed by atoms with Crippen molar-refractivity contribution in [3.63, 3.8) is 0 Å². The van der Waals surface area contributed by atoms with Crippen molar-refractivity contribution >= 4 is 5.82 Å². The fraction of sp³-hybridized carbons (Fsp3) is 0.286. The molecule has 0 aliphatic carbocycles. The van der Waals surface area contributed by atoms with Gasteiger partial charge in [0.25, 0.3) is 0 Å². The van der Waals surface area contributed by atoms with Crippen LogP contribution in [0.25, 0.3) is 0 Å². The van der Waals surface area contributed by atoms with E-state index in [9.17, 15) is 0 Å². The number of hydrogen-bond acceptors (Lipinski definition) is 4. The number of nitrogens with zero attached hydrogens (tertiary/aromatic N) is 2. The van der Waals surface area contributed by atoms with Crippen LogP contribution in [0.5, 0.6) is 0 Å². The Morgan fingerprint density at radius 1 is 1.17 bits per heavy atom. The minimum Gasteiger partial charge on any atom is -0.395 e. The number of aryl methyl sites for hydroxylation is 1. The van der Waals surface area contributed by atoms with Crippen molar-refractivity contribution in [1.29, 1.82) is 0 Å². The SMILES string of the molecule is Cc1cc(NCCO)nc(Cc2ccccc2)n1. The van der Waals surface area contributed by atoms with Gasteiger partial charge in [0.05, 0.1) is 6.61 Å². The topological polar surface area (TPSA) is 58.0 Å². The Labute approximate surface area is 107 Å². The average molecular weight is 243 g/mol. The molecule has 4 heteroatoms. The lowest BCUT2D eigenvalue weighted by Gasteiger charge is -2.07. The van der Waals surface area contributed by atoms with Crippen molar-refractivity contribution in [1.82, 2.24) is 9.97 Å². The summed E-state index contributed by atoms with van der Waals surface area (Å²) in [5, 5.41) is 11.9. The van der Waals surface area contributed by atoms with Gasteiger partial charge in [-0.2, -0.15) is 0 Å². The first-order chi connectivity index (χ1) is 8.78. The third kappa shape index (κ3) is 3.53. The highest BCUT2D eigenvalue weighted by atomic mass is 16.3. The summed E-state index contributed by atoms with van der Waals surface area (Å²) in [4.78, 5) is 8.86. The summed E-state index contributed by atoms with van der Waals surface area (Å²) in [6.45, 7) is 2.54. The van der Waals surface area contributed by atoms with Crippen LogP contribution in [-0.2, 0) is 6.42 Å². The lowest BCUT2D eigenvalue weighted by molar-refractivity contribution is 0.311. The van der Waals surface area contributed by atoms with Crippen LogP contribution in [0, 0.1) is 6.92 Å².